The van der Waals surface area contributed by atoms with Gasteiger partial charge in [0, 0.05) is 18.4 Å². The molecule has 2 aromatic heterocycles. The number of aromatic nitrogens is 1. The normalized spacial score (nSPS) is 14.5. The van der Waals surface area contributed by atoms with E-state index < -0.39 is 0 Å². The van der Waals surface area contributed by atoms with Crippen LogP contribution in [0.5, 0.6) is 0 Å². The molecule has 17 heavy (non-hydrogen) atoms. The monoisotopic (exact) mass is 230 g/mol. The molecule has 0 aromatic carbocycles. The van der Waals surface area contributed by atoms with E-state index in [9.17, 15) is 0 Å². The lowest BCUT2D eigenvalue weighted by Crippen LogP contribution is -2.23. The first-order chi connectivity index (χ1) is 8.31. The van der Waals surface area contributed by atoms with Crippen LogP contribution in [0.1, 0.15) is 43.7 Å². The third-order valence-electron chi connectivity index (χ3n) is 2.95. The van der Waals surface area contributed by atoms with Gasteiger partial charge in [0.05, 0.1) is 12.3 Å². The molecular weight excluding hydrogens is 212 g/mol. The maximum atomic E-state index is 5.45. The quantitative estimate of drug-likeness (QED) is 0.854. The predicted octanol–water partition coefficient (Wildman–Crippen LogP) is 3.48. The van der Waals surface area contributed by atoms with Gasteiger partial charge in [-0.3, -0.25) is 4.98 Å². The minimum atomic E-state index is 0.258. The SMILES string of the molecule is CCC(N[C@H](C)c1ccncc1)c1ccco1. The van der Waals surface area contributed by atoms with E-state index >= 15 is 0 Å². The van der Waals surface area contributed by atoms with Crippen LogP contribution in [0, 0.1) is 0 Å². The molecule has 0 saturated carbocycles. The van der Waals surface area contributed by atoms with E-state index in [1.165, 1.54) is 5.56 Å². The highest BCUT2D eigenvalue weighted by atomic mass is 16.3. The first kappa shape index (κ1) is 11.9. The zero-order chi connectivity index (χ0) is 12.1. The van der Waals surface area contributed by atoms with E-state index in [1.807, 2.05) is 36.7 Å². The van der Waals surface area contributed by atoms with Gasteiger partial charge in [-0.1, -0.05) is 6.92 Å². The fraction of sp³-hybridized carbons (Fsp3) is 0.357. The summed E-state index contributed by atoms with van der Waals surface area (Å²) in [6.07, 6.45) is 6.36. The van der Waals surface area contributed by atoms with Gasteiger partial charge in [0.15, 0.2) is 0 Å². The zero-order valence-electron chi connectivity index (χ0n) is 10.3. The van der Waals surface area contributed by atoms with Gasteiger partial charge < -0.3 is 9.73 Å². The van der Waals surface area contributed by atoms with Gasteiger partial charge in [-0.05, 0) is 43.2 Å². The molecule has 0 radical (unpaired) electrons. The summed E-state index contributed by atoms with van der Waals surface area (Å²) in [5, 5.41) is 3.56. The third-order valence-corrected chi connectivity index (χ3v) is 2.95. The Morgan fingerprint density at radius 3 is 2.65 bits per heavy atom. The molecule has 0 saturated heterocycles. The molecule has 2 atom stereocenters. The van der Waals surface area contributed by atoms with E-state index in [0.717, 1.165) is 12.2 Å². The fourth-order valence-electron chi connectivity index (χ4n) is 1.94. The van der Waals surface area contributed by atoms with Crippen molar-refractivity contribution >= 4 is 0 Å². The molecule has 90 valence electrons. The predicted molar refractivity (Wildman–Crippen MR) is 67.5 cm³/mol. The summed E-state index contributed by atoms with van der Waals surface area (Å²) in [6, 6.07) is 8.55. The molecule has 2 rings (SSSR count). The van der Waals surface area contributed by atoms with Crippen molar-refractivity contribution in [3.8, 4) is 0 Å². The summed E-state index contributed by atoms with van der Waals surface area (Å²) in [7, 11) is 0. The Labute approximate surface area is 102 Å². The van der Waals surface area contributed by atoms with Gasteiger partial charge >= 0.3 is 0 Å². The van der Waals surface area contributed by atoms with Crippen molar-refractivity contribution in [3.63, 3.8) is 0 Å². The lowest BCUT2D eigenvalue weighted by Gasteiger charge is -2.20. The molecule has 3 heteroatoms. The maximum Gasteiger partial charge on any atom is 0.120 e. The Bertz CT molecular complexity index is 425. The summed E-state index contributed by atoms with van der Waals surface area (Å²) in [4.78, 5) is 4.03. The van der Waals surface area contributed by atoms with Crippen molar-refractivity contribution in [3.05, 3.63) is 54.2 Å². The largest absolute Gasteiger partial charge is 0.468 e. The highest BCUT2D eigenvalue weighted by molar-refractivity contribution is 5.15. The van der Waals surface area contributed by atoms with E-state index in [-0.39, 0.29) is 12.1 Å². The second-order valence-electron chi connectivity index (χ2n) is 4.15. The van der Waals surface area contributed by atoms with E-state index in [1.54, 1.807) is 6.26 Å². The molecule has 0 amide bonds. The number of rotatable bonds is 5. The van der Waals surface area contributed by atoms with Crippen molar-refractivity contribution in [2.24, 2.45) is 0 Å². The summed E-state index contributed by atoms with van der Waals surface area (Å²) in [6.45, 7) is 4.31. The smallest absolute Gasteiger partial charge is 0.120 e. The number of hydrogen-bond donors (Lipinski definition) is 1. The second kappa shape index (κ2) is 5.64. The standard InChI is InChI=1S/C14H18N2O/c1-3-13(14-5-4-10-17-14)16-11(2)12-6-8-15-9-7-12/h4-11,13,16H,3H2,1-2H3/t11-,13?/m1/s1. The van der Waals surface area contributed by atoms with Gasteiger partial charge in [0.2, 0.25) is 0 Å². The number of nitrogens with one attached hydrogen (secondary N) is 1. The first-order valence-corrected chi connectivity index (χ1v) is 6.00. The van der Waals surface area contributed by atoms with E-state index in [4.69, 9.17) is 4.42 Å². The van der Waals surface area contributed by atoms with Gasteiger partial charge in [0.25, 0.3) is 0 Å². The number of furan rings is 1. The average molecular weight is 230 g/mol. The summed E-state index contributed by atoms with van der Waals surface area (Å²) < 4.78 is 5.45. The topological polar surface area (TPSA) is 38.1 Å². The number of nitrogens with zero attached hydrogens (tertiary/aromatic N) is 1. The lowest BCUT2D eigenvalue weighted by molar-refractivity contribution is 0.376. The summed E-state index contributed by atoms with van der Waals surface area (Å²) >= 11 is 0. The zero-order valence-corrected chi connectivity index (χ0v) is 10.3. The average Bonchev–Trinajstić information content (AvgIpc) is 2.90. The molecule has 0 aliphatic rings. The molecule has 0 bridgehead atoms. The Kier molecular flexibility index (Phi) is 3.94. The Hall–Kier alpha value is -1.61. The van der Waals surface area contributed by atoms with Crippen molar-refractivity contribution in [1.82, 2.24) is 10.3 Å². The highest BCUT2D eigenvalue weighted by Gasteiger charge is 2.15. The Balaban J connectivity index is 2.05. The van der Waals surface area contributed by atoms with Gasteiger partial charge in [0.1, 0.15) is 5.76 Å². The van der Waals surface area contributed by atoms with E-state index in [0.29, 0.717) is 0 Å². The van der Waals surface area contributed by atoms with Crippen LogP contribution >= 0.6 is 0 Å². The van der Waals surface area contributed by atoms with Crippen LogP contribution in [0.4, 0.5) is 0 Å². The maximum absolute atomic E-state index is 5.45. The number of pyridine rings is 1. The van der Waals surface area contributed by atoms with Crippen LogP contribution in [0.3, 0.4) is 0 Å². The molecule has 1 N–H and O–H groups in total. The first-order valence-electron chi connectivity index (χ1n) is 6.00. The molecule has 3 nitrogen and oxygen atoms in total. The van der Waals surface area contributed by atoms with Gasteiger partial charge in [-0.2, -0.15) is 0 Å². The summed E-state index contributed by atoms with van der Waals surface area (Å²) in [5.74, 6) is 0.994. The fourth-order valence-corrected chi connectivity index (χ4v) is 1.94. The molecule has 0 fully saturated rings. The molecular formula is C14H18N2O. The van der Waals surface area contributed by atoms with Crippen LogP contribution in [0.15, 0.2) is 47.3 Å². The minimum Gasteiger partial charge on any atom is -0.468 e. The molecule has 1 unspecified atom stereocenters. The lowest BCUT2D eigenvalue weighted by atomic mass is 10.1. The Morgan fingerprint density at radius 2 is 2.06 bits per heavy atom. The molecule has 0 aliphatic heterocycles. The van der Waals surface area contributed by atoms with Gasteiger partial charge in [-0.25, -0.2) is 0 Å². The third kappa shape index (κ3) is 2.94. The van der Waals surface area contributed by atoms with E-state index in [2.05, 4.69) is 24.1 Å². The van der Waals surface area contributed by atoms with Gasteiger partial charge in [-0.15, -0.1) is 0 Å². The van der Waals surface area contributed by atoms with Crippen molar-refractivity contribution in [2.75, 3.05) is 0 Å². The van der Waals surface area contributed by atoms with Crippen LogP contribution in [-0.2, 0) is 0 Å². The Morgan fingerprint density at radius 1 is 1.29 bits per heavy atom. The van der Waals surface area contributed by atoms with Crippen molar-refractivity contribution in [1.29, 1.82) is 0 Å². The van der Waals surface area contributed by atoms with Crippen LogP contribution in [-0.4, -0.2) is 4.98 Å². The molecule has 0 aliphatic carbocycles. The highest BCUT2D eigenvalue weighted by Crippen LogP contribution is 2.21. The molecule has 0 spiro atoms. The summed E-state index contributed by atoms with van der Waals surface area (Å²) in [5.41, 5.74) is 1.24. The minimum absolute atomic E-state index is 0.258. The van der Waals surface area contributed by atoms with Crippen LogP contribution in [0.25, 0.3) is 0 Å². The molecule has 2 heterocycles. The number of hydrogen-bond acceptors (Lipinski definition) is 3. The second-order valence-corrected chi connectivity index (χ2v) is 4.15. The van der Waals surface area contributed by atoms with Crippen molar-refractivity contribution in [2.45, 2.75) is 32.4 Å². The van der Waals surface area contributed by atoms with Crippen molar-refractivity contribution < 1.29 is 4.42 Å². The van der Waals surface area contributed by atoms with Crippen LogP contribution < -0.4 is 5.32 Å². The molecule has 2 aromatic rings. The van der Waals surface area contributed by atoms with Crippen LogP contribution in [0.2, 0.25) is 0 Å².